The number of hydrogen-bond donors (Lipinski definition) is 2. The van der Waals surface area contributed by atoms with E-state index in [-0.39, 0.29) is 17.4 Å². The van der Waals surface area contributed by atoms with Crippen LogP contribution in [0, 0.1) is 13.8 Å². The molecule has 0 fully saturated rings. The SMILES string of the molecule is CC(=O)c1ccc(NC(=O)c2cc(C(=O)Nc3cc(C)cc(C)c3)ccn2)cc1. The second-order valence-electron chi connectivity index (χ2n) is 6.85. The van der Waals surface area contributed by atoms with Crippen LogP contribution in [0.4, 0.5) is 11.4 Å². The van der Waals surface area contributed by atoms with Crippen LogP contribution in [0.1, 0.15) is 49.3 Å². The maximum atomic E-state index is 12.6. The quantitative estimate of drug-likeness (QED) is 0.635. The Balaban J connectivity index is 1.73. The van der Waals surface area contributed by atoms with Gasteiger partial charge in [-0.1, -0.05) is 6.07 Å². The van der Waals surface area contributed by atoms with Crippen LogP contribution >= 0.6 is 0 Å². The average Bonchev–Trinajstić information content (AvgIpc) is 2.67. The number of aryl methyl sites for hydroxylation is 2. The van der Waals surface area contributed by atoms with Gasteiger partial charge in [0.05, 0.1) is 0 Å². The number of carbonyl (C=O) groups is 3. The van der Waals surface area contributed by atoms with Gasteiger partial charge in [-0.15, -0.1) is 0 Å². The first-order chi connectivity index (χ1) is 13.8. The Morgan fingerprint density at radius 3 is 1.97 bits per heavy atom. The average molecular weight is 387 g/mol. The summed E-state index contributed by atoms with van der Waals surface area (Å²) in [7, 11) is 0. The summed E-state index contributed by atoms with van der Waals surface area (Å²) in [6, 6.07) is 15.3. The smallest absolute Gasteiger partial charge is 0.274 e. The van der Waals surface area contributed by atoms with Crippen LogP contribution in [0.15, 0.2) is 60.8 Å². The van der Waals surface area contributed by atoms with Crippen molar-refractivity contribution >= 4 is 29.0 Å². The third kappa shape index (κ3) is 5.13. The Morgan fingerprint density at radius 2 is 1.34 bits per heavy atom. The molecule has 0 aliphatic heterocycles. The van der Waals surface area contributed by atoms with Gasteiger partial charge in [-0.05, 0) is 80.4 Å². The minimum Gasteiger partial charge on any atom is -0.322 e. The minimum absolute atomic E-state index is 0.0490. The van der Waals surface area contributed by atoms with Crippen LogP contribution < -0.4 is 10.6 Å². The van der Waals surface area contributed by atoms with E-state index in [4.69, 9.17) is 0 Å². The molecular formula is C23H21N3O3. The molecule has 3 rings (SSSR count). The molecule has 0 bridgehead atoms. The lowest BCUT2D eigenvalue weighted by Crippen LogP contribution is -2.17. The Morgan fingerprint density at radius 1 is 0.724 bits per heavy atom. The summed E-state index contributed by atoms with van der Waals surface area (Å²) >= 11 is 0. The third-order valence-corrected chi connectivity index (χ3v) is 4.28. The van der Waals surface area contributed by atoms with Crippen molar-refractivity contribution in [3.05, 3.63) is 88.7 Å². The Labute approximate surface area is 169 Å². The van der Waals surface area contributed by atoms with E-state index in [1.54, 1.807) is 30.3 Å². The fraction of sp³-hybridized carbons (Fsp3) is 0.130. The van der Waals surface area contributed by atoms with Crippen molar-refractivity contribution in [1.82, 2.24) is 4.98 Å². The van der Waals surface area contributed by atoms with Crippen molar-refractivity contribution in [1.29, 1.82) is 0 Å². The summed E-state index contributed by atoms with van der Waals surface area (Å²) < 4.78 is 0. The van der Waals surface area contributed by atoms with Crippen LogP contribution in [0.2, 0.25) is 0 Å². The summed E-state index contributed by atoms with van der Waals surface area (Å²) in [6.45, 7) is 5.40. The normalized spacial score (nSPS) is 10.3. The van der Waals surface area contributed by atoms with Crippen molar-refractivity contribution in [3.8, 4) is 0 Å². The number of anilines is 2. The van der Waals surface area contributed by atoms with Crippen LogP contribution in [0.25, 0.3) is 0 Å². The predicted octanol–water partition coefficient (Wildman–Crippen LogP) is 4.41. The molecule has 0 radical (unpaired) electrons. The Kier molecular flexibility index (Phi) is 5.83. The molecule has 0 saturated heterocycles. The van der Waals surface area contributed by atoms with Crippen molar-refractivity contribution in [2.75, 3.05) is 10.6 Å². The lowest BCUT2D eigenvalue weighted by Gasteiger charge is -2.09. The van der Waals surface area contributed by atoms with E-state index < -0.39 is 5.91 Å². The standard InChI is InChI=1S/C23H21N3O3/c1-14-10-15(2)12-20(11-14)26-22(28)18-8-9-24-21(13-18)23(29)25-19-6-4-17(5-7-19)16(3)27/h4-13H,1-3H3,(H,25,29)(H,26,28). The van der Waals surface area contributed by atoms with Crippen LogP contribution in [-0.4, -0.2) is 22.6 Å². The maximum absolute atomic E-state index is 12.6. The molecule has 3 aromatic rings. The van der Waals surface area contributed by atoms with Crippen LogP contribution in [0.5, 0.6) is 0 Å². The number of amides is 2. The van der Waals surface area contributed by atoms with Crippen LogP contribution in [-0.2, 0) is 0 Å². The number of nitrogens with one attached hydrogen (secondary N) is 2. The van der Waals surface area contributed by atoms with Gasteiger partial charge in [0.15, 0.2) is 5.78 Å². The van der Waals surface area contributed by atoms with Crippen molar-refractivity contribution in [2.24, 2.45) is 0 Å². The minimum atomic E-state index is -0.443. The highest BCUT2D eigenvalue weighted by atomic mass is 16.2. The second kappa shape index (κ2) is 8.48. The molecule has 1 heterocycles. The molecule has 0 saturated carbocycles. The highest BCUT2D eigenvalue weighted by Gasteiger charge is 2.13. The lowest BCUT2D eigenvalue weighted by molar-refractivity contribution is 0.101. The van der Waals surface area contributed by atoms with E-state index in [9.17, 15) is 14.4 Å². The monoisotopic (exact) mass is 387 g/mol. The molecule has 6 nitrogen and oxygen atoms in total. The molecule has 0 unspecified atom stereocenters. The van der Waals surface area contributed by atoms with Gasteiger partial charge in [0.2, 0.25) is 0 Å². The van der Waals surface area contributed by atoms with Crippen molar-refractivity contribution in [2.45, 2.75) is 20.8 Å². The molecule has 146 valence electrons. The number of Topliss-reactive ketones (excluding diaryl/α,β-unsaturated/α-hetero) is 1. The summed E-state index contributed by atoms with van der Waals surface area (Å²) in [6.07, 6.45) is 1.42. The Bertz CT molecular complexity index is 1070. The fourth-order valence-electron chi connectivity index (χ4n) is 2.93. The number of benzene rings is 2. The summed E-state index contributed by atoms with van der Waals surface area (Å²) in [5.41, 5.74) is 4.33. The van der Waals surface area contributed by atoms with E-state index >= 15 is 0 Å². The molecular weight excluding hydrogens is 366 g/mol. The van der Waals surface area contributed by atoms with Gasteiger partial charge in [0.1, 0.15) is 5.69 Å². The first-order valence-corrected chi connectivity index (χ1v) is 9.10. The van der Waals surface area contributed by atoms with E-state index in [0.717, 1.165) is 11.1 Å². The van der Waals surface area contributed by atoms with Gasteiger partial charge in [-0.2, -0.15) is 0 Å². The fourth-order valence-corrected chi connectivity index (χ4v) is 2.93. The molecule has 2 N–H and O–H groups in total. The molecule has 29 heavy (non-hydrogen) atoms. The maximum Gasteiger partial charge on any atom is 0.274 e. The van der Waals surface area contributed by atoms with Gasteiger partial charge < -0.3 is 10.6 Å². The van der Waals surface area contributed by atoms with Gasteiger partial charge in [-0.25, -0.2) is 0 Å². The van der Waals surface area contributed by atoms with Gasteiger partial charge in [-0.3, -0.25) is 19.4 Å². The zero-order valence-corrected chi connectivity index (χ0v) is 16.4. The number of aromatic nitrogens is 1. The Hall–Kier alpha value is -3.80. The van der Waals surface area contributed by atoms with Gasteiger partial charge in [0, 0.05) is 28.7 Å². The summed E-state index contributed by atoms with van der Waals surface area (Å²) in [5.74, 6) is -0.814. The van der Waals surface area contributed by atoms with E-state index in [1.807, 2.05) is 32.0 Å². The number of pyridine rings is 1. The predicted molar refractivity (Wildman–Crippen MR) is 113 cm³/mol. The molecule has 6 heteroatoms. The topological polar surface area (TPSA) is 88.2 Å². The zero-order chi connectivity index (χ0) is 21.0. The first kappa shape index (κ1) is 19.9. The number of nitrogens with zero attached hydrogens (tertiary/aromatic N) is 1. The molecule has 1 aromatic heterocycles. The number of hydrogen-bond acceptors (Lipinski definition) is 4. The molecule has 0 spiro atoms. The number of ketones is 1. The van der Waals surface area contributed by atoms with E-state index in [1.165, 1.54) is 19.2 Å². The van der Waals surface area contributed by atoms with E-state index in [0.29, 0.717) is 22.5 Å². The van der Waals surface area contributed by atoms with Crippen molar-refractivity contribution in [3.63, 3.8) is 0 Å². The molecule has 2 amide bonds. The first-order valence-electron chi connectivity index (χ1n) is 9.10. The number of carbonyl (C=O) groups excluding carboxylic acids is 3. The van der Waals surface area contributed by atoms with Crippen molar-refractivity contribution < 1.29 is 14.4 Å². The zero-order valence-electron chi connectivity index (χ0n) is 16.4. The molecule has 0 aliphatic carbocycles. The largest absolute Gasteiger partial charge is 0.322 e. The highest BCUT2D eigenvalue weighted by molar-refractivity contribution is 6.08. The van der Waals surface area contributed by atoms with Gasteiger partial charge in [0.25, 0.3) is 11.8 Å². The molecule has 0 aliphatic rings. The summed E-state index contributed by atoms with van der Waals surface area (Å²) in [5, 5.41) is 5.55. The summed E-state index contributed by atoms with van der Waals surface area (Å²) in [4.78, 5) is 40.4. The lowest BCUT2D eigenvalue weighted by atomic mass is 10.1. The van der Waals surface area contributed by atoms with Gasteiger partial charge >= 0.3 is 0 Å². The molecule has 0 atom stereocenters. The van der Waals surface area contributed by atoms with Crippen LogP contribution in [0.3, 0.4) is 0 Å². The highest BCUT2D eigenvalue weighted by Crippen LogP contribution is 2.16. The third-order valence-electron chi connectivity index (χ3n) is 4.28. The van der Waals surface area contributed by atoms with E-state index in [2.05, 4.69) is 15.6 Å². The molecule has 2 aromatic carbocycles. The second-order valence-corrected chi connectivity index (χ2v) is 6.85. The number of rotatable bonds is 5.